The summed E-state index contributed by atoms with van der Waals surface area (Å²) in [5.41, 5.74) is 0.486. The first-order chi connectivity index (χ1) is 9.62. The first-order valence-electron chi connectivity index (χ1n) is 6.74. The van der Waals surface area contributed by atoms with Gasteiger partial charge in [0, 0.05) is 6.54 Å². The predicted molar refractivity (Wildman–Crippen MR) is 78.4 cm³/mol. The summed E-state index contributed by atoms with van der Waals surface area (Å²) in [5.74, 6) is 0.787. The lowest BCUT2D eigenvalue weighted by Gasteiger charge is -2.19. The second-order valence-corrected chi connectivity index (χ2v) is 6.59. The minimum absolute atomic E-state index is 0.131. The largest absolute Gasteiger partial charge is 0.416 e. The van der Waals surface area contributed by atoms with Crippen molar-refractivity contribution in [3.63, 3.8) is 0 Å². The third kappa shape index (κ3) is 3.70. The third-order valence-corrected chi connectivity index (χ3v) is 3.60. The van der Waals surface area contributed by atoms with Crippen molar-refractivity contribution in [2.24, 2.45) is 5.41 Å². The van der Waals surface area contributed by atoms with E-state index in [9.17, 15) is 13.2 Å². The Morgan fingerprint density at radius 1 is 1.19 bits per heavy atom. The summed E-state index contributed by atoms with van der Waals surface area (Å²) in [6.07, 6.45) is -3.46. The quantitative estimate of drug-likeness (QED) is 0.708. The molecule has 0 bridgehead atoms. The van der Waals surface area contributed by atoms with E-state index in [-0.39, 0.29) is 11.3 Å². The Bertz CT molecular complexity index is 639. The Kier molecular flexibility index (Phi) is 4.24. The van der Waals surface area contributed by atoms with Gasteiger partial charge in [-0.2, -0.15) is 13.2 Å². The summed E-state index contributed by atoms with van der Waals surface area (Å²) in [4.78, 5) is 4.24. The molecule has 0 saturated carbocycles. The number of hydrogen-bond donors (Lipinski definition) is 0. The maximum Gasteiger partial charge on any atom is 0.416 e. The van der Waals surface area contributed by atoms with Gasteiger partial charge in [0.1, 0.15) is 5.82 Å². The Morgan fingerprint density at radius 2 is 1.86 bits per heavy atom. The van der Waals surface area contributed by atoms with Gasteiger partial charge in [-0.15, -0.1) is 11.6 Å². The van der Waals surface area contributed by atoms with Crippen LogP contribution >= 0.6 is 11.6 Å². The fourth-order valence-electron chi connectivity index (χ4n) is 2.15. The van der Waals surface area contributed by atoms with Crippen LogP contribution in [0, 0.1) is 5.41 Å². The van der Waals surface area contributed by atoms with Crippen molar-refractivity contribution in [1.29, 1.82) is 0 Å². The zero-order valence-electron chi connectivity index (χ0n) is 12.3. The highest BCUT2D eigenvalue weighted by Crippen LogP contribution is 2.32. The van der Waals surface area contributed by atoms with Gasteiger partial charge in [0.05, 0.1) is 22.5 Å². The van der Waals surface area contributed by atoms with Gasteiger partial charge in [0.15, 0.2) is 0 Å². The Morgan fingerprint density at radius 3 is 2.38 bits per heavy atom. The average Bonchev–Trinajstić information content (AvgIpc) is 2.71. The molecular weight excluding hydrogens is 301 g/mol. The van der Waals surface area contributed by atoms with Gasteiger partial charge >= 0.3 is 6.18 Å². The molecule has 6 heteroatoms. The molecule has 1 heterocycles. The summed E-state index contributed by atoms with van der Waals surface area (Å²) in [5, 5.41) is 0. The number of aryl methyl sites for hydroxylation is 1. The van der Waals surface area contributed by atoms with Crippen LogP contribution in [0.25, 0.3) is 11.0 Å². The minimum atomic E-state index is -4.36. The van der Waals surface area contributed by atoms with Crippen LogP contribution in [0.1, 0.15) is 38.6 Å². The molecule has 2 aromatic rings. The molecule has 21 heavy (non-hydrogen) atoms. The number of alkyl halides is 4. The molecule has 116 valence electrons. The van der Waals surface area contributed by atoms with Gasteiger partial charge in [-0.1, -0.05) is 20.8 Å². The molecule has 0 saturated heterocycles. The van der Waals surface area contributed by atoms with Crippen molar-refractivity contribution < 1.29 is 13.2 Å². The van der Waals surface area contributed by atoms with Crippen LogP contribution in [0.5, 0.6) is 0 Å². The number of hydrogen-bond acceptors (Lipinski definition) is 1. The molecule has 0 spiro atoms. The zero-order valence-corrected chi connectivity index (χ0v) is 13.0. The molecule has 1 aromatic heterocycles. The van der Waals surface area contributed by atoms with Gasteiger partial charge < -0.3 is 4.57 Å². The third-order valence-electron chi connectivity index (χ3n) is 3.36. The highest BCUT2D eigenvalue weighted by molar-refractivity contribution is 6.16. The highest BCUT2D eigenvalue weighted by Gasteiger charge is 2.31. The molecule has 0 radical (unpaired) electrons. The molecular formula is C15H18ClF3N2. The Labute approximate surface area is 126 Å². The number of rotatable bonds is 3. The van der Waals surface area contributed by atoms with Crippen molar-refractivity contribution in [3.05, 3.63) is 29.6 Å². The van der Waals surface area contributed by atoms with Crippen LogP contribution in [-0.2, 0) is 18.6 Å². The SMILES string of the molecule is CC(C)(C)CCn1c(CCl)nc2cc(C(F)(F)F)ccc21. The average molecular weight is 319 g/mol. The molecule has 0 amide bonds. The molecule has 0 N–H and O–H groups in total. The zero-order chi connectivity index (χ0) is 15.8. The van der Waals surface area contributed by atoms with E-state index in [4.69, 9.17) is 11.6 Å². The lowest BCUT2D eigenvalue weighted by Crippen LogP contribution is -2.12. The van der Waals surface area contributed by atoms with Crippen molar-refractivity contribution >= 4 is 22.6 Å². The van der Waals surface area contributed by atoms with Gasteiger partial charge in [-0.25, -0.2) is 4.98 Å². The standard InChI is InChI=1S/C15H18ClF3N2/c1-14(2,3)6-7-21-12-5-4-10(15(17,18)19)8-11(12)20-13(21)9-16/h4-5,8H,6-7,9H2,1-3H3. The summed E-state index contributed by atoms with van der Waals surface area (Å²) >= 11 is 5.88. The Hall–Kier alpha value is -1.23. The van der Waals surface area contributed by atoms with E-state index in [1.165, 1.54) is 6.07 Å². The van der Waals surface area contributed by atoms with Gasteiger partial charge in [-0.3, -0.25) is 0 Å². The highest BCUT2D eigenvalue weighted by atomic mass is 35.5. The Balaban J connectivity index is 2.45. The molecule has 0 aliphatic rings. The van der Waals surface area contributed by atoms with Crippen LogP contribution in [0.2, 0.25) is 0 Å². The van der Waals surface area contributed by atoms with E-state index in [2.05, 4.69) is 25.8 Å². The summed E-state index contributed by atoms with van der Waals surface area (Å²) in [6, 6.07) is 3.65. The van der Waals surface area contributed by atoms with Crippen molar-refractivity contribution in [3.8, 4) is 0 Å². The maximum absolute atomic E-state index is 12.7. The number of fused-ring (bicyclic) bond motifs is 1. The molecule has 2 nitrogen and oxygen atoms in total. The molecule has 0 fully saturated rings. The molecule has 0 aliphatic heterocycles. The lowest BCUT2D eigenvalue weighted by molar-refractivity contribution is -0.137. The van der Waals surface area contributed by atoms with E-state index in [0.29, 0.717) is 23.4 Å². The van der Waals surface area contributed by atoms with Crippen LogP contribution in [-0.4, -0.2) is 9.55 Å². The van der Waals surface area contributed by atoms with Crippen molar-refractivity contribution in [2.75, 3.05) is 0 Å². The fourth-order valence-corrected chi connectivity index (χ4v) is 2.36. The van der Waals surface area contributed by atoms with E-state index < -0.39 is 11.7 Å². The summed E-state index contributed by atoms with van der Waals surface area (Å²) < 4.78 is 40.2. The second-order valence-electron chi connectivity index (χ2n) is 6.33. The first kappa shape index (κ1) is 16.1. The summed E-state index contributed by atoms with van der Waals surface area (Å²) in [7, 11) is 0. The number of nitrogens with zero attached hydrogens (tertiary/aromatic N) is 2. The van der Waals surface area contributed by atoms with Crippen LogP contribution in [0.4, 0.5) is 13.2 Å². The fraction of sp³-hybridized carbons (Fsp3) is 0.533. The predicted octanol–water partition coefficient (Wildman–Crippen LogP) is 5.23. The topological polar surface area (TPSA) is 17.8 Å². The van der Waals surface area contributed by atoms with E-state index in [1.807, 2.05) is 4.57 Å². The minimum Gasteiger partial charge on any atom is -0.327 e. The second kappa shape index (κ2) is 5.52. The maximum atomic E-state index is 12.7. The smallest absolute Gasteiger partial charge is 0.327 e. The monoisotopic (exact) mass is 318 g/mol. The van der Waals surface area contributed by atoms with Gasteiger partial charge in [0.25, 0.3) is 0 Å². The molecule has 0 unspecified atom stereocenters. The first-order valence-corrected chi connectivity index (χ1v) is 7.27. The van der Waals surface area contributed by atoms with Crippen molar-refractivity contribution in [2.45, 2.75) is 45.8 Å². The number of imidazole rings is 1. The molecule has 0 aliphatic carbocycles. The molecule has 1 aromatic carbocycles. The summed E-state index contributed by atoms with van der Waals surface area (Å²) in [6.45, 7) is 7.05. The van der Waals surface area contributed by atoms with Crippen LogP contribution < -0.4 is 0 Å². The molecule has 0 atom stereocenters. The lowest BCUT2D eigenvalue weighted by atomic mass is 9.92. The van der Waals surface area contributed by atoms with Crippen LogP contribution in [0.15, 0.2) is 18.2 Å². The van der Waals surface area contributed by atoms with E-state index >= 15 is 0 Å². The van der Waals surface area contributed by atoms with E-state index in [1.54, 1.807) is 0 Å². The number of aromatic nitrogens is 2. The van der Waals surface area contributed by atoms with Gasteiger partial charge in [-0.05, 0) is 30.0 Å². The van der Waals surface area contributed by atoms with Crippen molar-refractivity contribution in [1.82, 2.24) is 9.55 Å². The molecule has 2 rings (SSSR count). The number of halogens is 4. The van der Waals surface area contributed by atoms with Crippen LogP contribution in [0.3, 0.4) is 0 Å². The number of benzene rings is 1. The van der Waals surface area contributed by atoms with Gasteiger partial charge in [0.2, 0.25) is 0 Å². The normalized spacial score (nSPS) is 13.1. The van der Waals surface area contributed by atoms with E-state index in [0.717, 1.165) is 18.6 Å².